The lowest BCUT2D eigenvalue weighted by Gasteiger charge is -2.45. The van der Waals surface area contributed by atoms with E-state index < -0.39 is 0 Å². The van der Waals surface area contributed by atoms with E-state index in [0.717, 1.165) is 18.0 Å². The number of hydrogen-bond donors (Lipinski definition) is 0. The molecule has 4 nitrogen and oxygen atoms in total. The summed E-state index contributed by atoms with van der Waals surface area (Å²) in [6.07, 6.45) is 8.48. The molecule has 5 aliphatic rings. The number of hydrogen-bond acceptors (Lipinski definition) is 3. The van der Waals surface area contributed by atoms with E-state index in [-0.39, 0.29) is 17.9 Å². The lowest BCUT2D eigenvalue weighted by Crippen LogP contribution is -2.55. The normalized spacial score (nSPS) is 39.4. The fraction of sp³-hybridized carbons (Fsp3) is 0.609. The Balaban J connectivity index is 1.47. The zero-order valence-electron chi connectivity index (χ0n) is 16.0. The maximum Gasteiger partial charge on any atom is 0.254 e. The van der Waals surface area contributed by atoms with E-state index in [4.69, 9.17) is 10.1 Å². The highest BCUT2D eigenvalue weighted by atomic mass is 16.2. The Kier molecular flexibility index (Phi) is 3.42. The molecule has 3 fully saturated rings. The number of carbonyl (C=O) groups excluding carboxylic acids is 1. The van der Waals surface area contributed by atoms with Crippen molar-refractivity contribution in [2.45, 2.75) is 57.9 Å². The van der Waals surface area contributed by atoms with Gasteiger partial charge in [0.25, 0.3) is 5.91 Å². The van der Waals surface area contributed by atoms with Crippen LogP contribution in [0.1, 0.15) is 56.1 Å². The van der Waals surface area contributed by atoms with E-state index in [1.165, 1.54) is 49.7 Å². The number of fused-ring (bicyclic) bond motifs is 8. The lowest BCUT2D eigenvalue weighted by atomic mass is 9.72. The summed E-state index contributed by atoms with van der Waals surface area (Å²) in [4.78, 5) is 18.7. The maximum absolute atomic E-state index is 13.5. The van der Waals surface area contributed by atoms with Crippen molar-refractivity contribution in [1.82, 2.24) is 5.01 Å². The van der Waals surface area contributed by atoms with Crippen molar-refractivity contribution >= 4 is 17.5 Å². The summed E-state index contributed by atoms with van der Waals surface area (Å²) < 4.78 is 0. The Morgan fingerprint density at radius 1 is 0.963 bits per heavy atom. The maximum atomic E-state index is 13.5. The Bertz CT molecular complexity index is 855. The van der Waals surface area contributed by atoms with Gasteiger partial charge in [0.1, 0.15) is 5.84 Å². The summed E-state index contributed by atoms with van der Waals surface area (Å²) in [5.41, 5.74) is 3.56. The summed E-state index contributed by atoms with van der Waals surface area (Å²) >= 11 is 0. The predicted octanol–water partition coefficient (Wildman–Crippen LogP) is 4.17. The second-order valence-corrected chi connectivity index (χ2v) is 9.34. The second kappa shape index (κ2) is 5.76. The molecule has 2 bridgehead atoms. The predicted molar refractivity (Wildman–Crippen MR) is 106 cm³/mol. The van der Waals surface area contributed by atoms with Gasteiger partial charge in [-0.15, -0.1) is 0 Å². The fourth-order valence-corrected chi connectivity index (χ4v) is 6.55. The molecule has 1 amide bonds. The van der Waals surface area contributed by atoms with Crippen LogP contribution in [0.25, 0.3) is 0 Å². The van der Waals surface area contributed by atoms with Gasteiger partial charge in [-0.3, -0.25) is 9.79 Å². The van der Waals surface area contributed by atoms with E-state index in [9.17, 15) is 4.79 Å². The smallest absolute Gasteiger partial charge is 0.254 e. The summed E-state index contributed by atoms with van der Waals surface area (Å²) in [5, 5.41) is 6.74. The highest BCUT2D eigenvalue weighted by molar-refractivity contribution is 6.12. The van der Waals surface area contributed by atoms with Gasteiger partial charge in [0.15, 0.2) is 0 Å². The minimum Gasteiger partial charge on any atom is -0.272 e. The molecule has 27 heavy (non-hydrogen) atoms. The Hall–Kier alpha value is -1.97. The molecule has 6 atom stereocenters. The van der Waals surface area contributed by atoms with E-state index in [2.05, 4.69) is 31.2 Å². The van der Waals surface area contributed by atoms with Crippen LogP contribution in [0.15, 0.2) is 34.4 Å². The fourth-order valence-electron chi connectivity index (χ4n) is 6.55. The molecular formula is C23H27N3O. The van der Waals surface area contributed by atoms with E-state index in [0.29, 0.717) is 23.7 Å². The summed E-state index contributed by atoms with van der Waals surface area (Å²) in [6, 6.07) is 8.92. The number of carbonyl (C=O) groups is 1. The van der Waals surface area contributed by atoms with Gasteiger partial charge in [-0.05, 0) is 56.4 Å². The number of amidine groups is 1. The van der Waals surface area contributed by atoms with Crippen molar-refractivity contribution in [2.24, 2.45) is 39.7 Å². The van der Waals surface area contributed by atoms with Crippen molar-refractivity contribution in [3.63, 3.8) is 0 Å². The molecule has 0 radical (unpaired) electrons. The standard InChI is InChI=1S/C23H27N3O/c1-13-6-8-14(9-7-13)20-17-4-2-3-5-18(17)22-24-21-16-11-10-15(12-16)19(21)23(27)26(22)25-20/h6-9,15-19,21H,2-5,10-12H2,1H3/t15-,16+,17-,18+,19+,21-/m0/s1. The number of aryl methyl sites for hydroxylation is 1. The van der Waals surface area contributed by atoms with Crippen LogP contribution in [0.5, 0.6) is 0 Å². The molecule has 3 aliphatic carbocycles. The second-order valence-electron chi connectivity index (χ2n) is 9.34. The van der Waals surface area contributed by atoms with E-state index in [1.54, 1.807) is 5.01 Å². The molecule has 0 N–H and O–H groups in total. The van der Waals surface area contributed by atoms with Crippen molar-refractivity contribution in [3.8, 4) is 0 Å². The van der Waals surface area contributed by atoms with Gasteiger partial charge in [-0.1, -0.05) is 42.7 Å². The van der Waals surface area contributed by atoms with Crippen molar-refractivity contribution in [2.75, 3.05) is 0 Å². The first-order valence-corrected chi connectivity index (χ1v) is 10.8. The van der Waals surface area contributed by atoms with Crippen LogP contribution in [0, 0.1) is 36.5 Å². The molecule has 140 valence electrons. The first-order chi connectivity index (χ1) is 13.2. The van der Waals surface area contributed by atoms with Gasteiger partial charge in [0.05, 0.1) is 17.7 Å². The number of aliphatic imine (C=N–C) groups is 1. The molecule has 0 spiro atoms. The third-order valence-electron chi connectivity index (χ3n) is 7.87. The molecule has 2 heterocycles. The quantitative estimate of drug-likeness (QED) is 0.740. The molecule has 1 aromatic carbocycles. The summed E-state index contributed by atoms with van der Waals surface area (Å²) in [5.74, 6) is 3.31. The van der Waals surface area contributed by atoms with Crippen LogP contribution < -0.4 is 0 Å². The van der Waals surface area contributed by atoms with Gasteiger partial charge in [0.2, 0.25) is 0 Å². The molecule has 1 aromatic rings. The molecule has 3 saturated carbocycles. The minimum atomic E-state index is 0.0932. The highest BCUT2D eigenvalue weighted by Gasteiger charge is 2.57. The SMILES string of the molecule is Cc1ccc(C2=NN3C(=O)[C@@H]4[C@H]5CC[C@H](C5)[C@@H]4N=C3[C@@H]3CCCC[C@H]23)cc1. The molecule has 6 rings (SSSR count). The third-order valence-corrected chi connectivity index (χ3v) is 7.87. The van der Waals surface area contributed by atoms with Crippen molar-refractivity contribution in [1.29, 1.82) is 0 Å². The molecular weight excluding hydrogens is 334 g/mol. The van der Waals surface area contributed by atoms with Gasteiger partial charge >= 0.3 is 0 Å². The Labute approximate surface area is 160 Å². The van der Waals surface area contributed by atoms with Crippen LogP contribution in [0.3, 0.4) is 0 Å². The Morgan fingerprint density at radius 3 is 2.52 bits per heavy atom. The van der Waals surface area contributed by atoms with Crippen LogP contribution >= 0.6 is 0 Å². The third kappa shape index (κ3) is 2.25. The molecule has 4 heteroatoms. The van der Waals surface area contributed by atoms with Crippen LogP contribution in [0.2, 0.25) is 0 Å². The van der Waals surface area contributed by atoms with Gasteiger partial charge in [-0.25, -0.2) is 0 Å². The number of hydrazone groups is 1. The van der Waals surface area contributed by atoms with Crippen molar-refractivity contribution < 1.29 is 4.79 Å². The zero-order valence-corrected chi connectivity index (χ0v) is 16.0. The number of benzene rings is 1. The monoisotopic (exact) mass is 361 g/mol. The average Bonchev–Trinajstić information content (AvgIpc) is 3.31. The number of rotatable bonds is 1. The first-order valence-electron chi connectivity index (χ1n) is 10.8. The number of nitrogens with zero attached hydrogens (tertiary/aromatic N) is 3. The van der Waals surface area contributed by atoms with Crippen molar-refractivity contribution in [3.05, 3.63) is 35.4 Å². The highest BCUT2D eigenvalue weighted by Crippen LogP contribution is 2.53. The molecule has 0 unspecified atom stereocenters. The zero-order chi connectivity index (χ0) is 18.1. The molecule has 0 saturated heterocycles. The number of amides is 1. The topological polar surface area (TPSA) is 45.0 Å². The largest absolute Gasteiger partial charge is 0.272 e. The first kappa shape index (κ1) is 16.0. The minimum absolute atomic E-state index is 0.0932. The Morgan fingerprint density at radius 2 is 1.70 bits per heavy atom. The molecule has 0 aromatic heterocycles. The van der Waals surface area contributed by atoms with Gasteiger partial charge in [-0.2, -0.15) is 10.1 Å². The summed E-state index contributed by atoms with van der Waals surface area (Å²) in [7, 11) is 0. The van der Waals surface area contributed by atoms with E-state index >= 15 is 0 Å². The summed E-state index contributed by atoms with van der Waals surface area (Å²) in [6.45, 7) is 2.12. The van der Waals surface area contributed by atoms with Crippen LogP contribution in [0.4, 0.5) is 0 Å². The van der Waals surface area contributed by atoms with E-state index in [1.807, 2.05) is 0 Å². The average molecular weight is 361 g/mol. The van der Waals surface area contributed by atoms with Crippen LogP contribution in [-0.4, -0.2) is 28.5 Å². The lowest BCUT2D eigenvalue weighted by molar-refractivity contribution is -0.135. The van der Waals surface area contributed by atoms with Gasteiger partial charge in [0, 0.05) is 11.8 Å². The van der Waals surface area contributed by atoms with Gasteiger partial charge < -0.3 is 0 Å². The van der Waals surface area contributed by atoms with Crippen LogP contribution in [-0.2, 0) is 4.79 Å². The molecule has 2 aliphatic heterocycles.